The van der Waals surface area contributed by atoms with Crippen LogP contribution in [0.5, 0.6) is 0 Å². The molecule has 1 amide bonds. The minimum atomic E-state index is -4.69. The maximum atomic E-state index is 13.4. The van der Waals surface area contributed by atoms with E-state index >= 15 is 0 Å². The van der Waals surface area contributed by atoms with E-state index in [0.717, 1.165) is 28.8 Å². The third kappa shape index (κ3) is 5.14. The van der Waals surface area contributed by atoms with Gasteiger partial charge in [-0.1, -0.05) is 48.0 Å². The lowest BCUT2D eigenvalue weighted by molar-refractivity contribution is -0.137. The number of aromatic nitrogens is 2. The Labute approximate surface area is 193 Å². The molecular weight excluding hydrogens is 483 g/mol. The molecule has 0 aliphatic carbocycles. The van der Waals surface area contributed by atoms with Crippen molar-refractivity contribution >= 4 is 46.3 Å². The van der Waals surface area contributed by atoms with E-state index in [-0.39, 0.29) is 10.2 Å². The molecule has 1 atom stereocenters. The highest BCUT2D eigenvalue weighted by molar-refractivity contribution is 8.00. The lowest BCUT2D eigenvalue weighted by Gasteiger charge is -2.18. The van der Waals surface area contributed by atoms with Crippen LogP contribution in [0, 0.1) is 0 Å². The average molecular weight is 496 g/mol. The van der Waals surface area contributed by atoms with Crippen molar-refractivity contribution in [3.05, 3.63) is 82.2 Å². The Morgan fingerprint density at radius 1 is 1.09 bits per heavy atom. The van der Waals surface area contributed by atoms with Crippen molar-refractivity contribution in [3.8, 4) is 10.8 Å². The molecule has 0 bridgehead atoms. The number of halogens is 4. The maximum Gasteiger partial charge on any atom is 0.418 e. The molecule has 164 valence electrons. The van der Waals surface area contributed by atoms with Gasteiger partial charge in [-0.05, 0) is 47.0 Å². The van der Waals surface area contributed by atoms with E-state index < -0.39 is 28.6 Å². The minimum absolute atomic E-state index is 0.0868. The SMILES string of the molecule is O=C(Nc1ccc(Cl)cc1C(F)(F)F)[C@H](Sc1nnc(-c2cccs2)o1)c1ccccc1. The number of benzene rings is 2. The lowest BCUT2D eigenvalue weighted by atomic mass is 10.1. The van der Waals surface area contributed by atoms with Crippen molar-refractivity contribution in [2.75, 3.05) is 5.32 Å². The van der Waals surface area contributed by atoms with Crippen LogP contribution in [0.15, 0.2) is 75.7 Å². The normalized spacial score (nSPS) is 12.5. The molecule has 0 saturated heterocycles. The van der Waals surface area contributed by atoms with Crippen LogP contribution in [0.25, 0.3) is 10.8 Å². The first-order valence-corrected chi connectivity index (χ1v) is 11.2. The lowest BCUT2D eigenvalue weighted by Crippen LogP contribution is -2.21. The van der Waals surface area contributed by atoms with Crippen LogP contribution >= 0.6 is 34.7 Å². The fourth-order valence-electron chi connectivity index (χ4n) is 2.82. The van der Waals surface area contributed by atoms with Gasteiger partial charge in [0.05, 0.1) is 16.1 Å². The molecule has 11 heteroatoms. The van der Waals surface area contributed by atoms with E-state index in [1.165, 1.54) is 17.4 Å². The van der Waals surface area contributed by atoms with E-state index in [1.54, 1.807) is 30.3 Å². The number of thioether (sulfide) groups is 1. The molecule has 0 unspecified atom stereocenters. The summed E-state index contributed by atoms with van der Waals surface area (Å²) in [4.78, 5) is 13.9. The molecule has 4 rings (SSSR count). The average Bonchev–Trinajstić information content (AvgIpc) is 3.45. The van der Waals surface area contributed by atoms with Crippen LogP contribution in [0.2, 0.25) is 5.02 Å². The van der Waals surface area contributed by atoms with Crippen LogP contribution in [-0.4, -0.2) is 16.1 Å². The fourth-order valence-corrected chi connectivity index (χ4v) is 4.51. The van der Waals surface area contributed by atoms with Gasteiger partial charge in [0.15, 0.2) is 0 Å². The summed E-state index contributed by atoms with van der Waals surface area (Å²) in [5.41, 5.74) is -0.862. The first-order chi connectivity index (χ1) is 15.3. The van der Waals surface area contributed by atoms with Crippen molar-refractivity contribution in [2.24, 2.45) is 0 Å². The largest absolute Gasteiger partial charge is 0.418 e. The summed E-state index contributed by atoms with van der Waals surface area (Å²) in [7, 11) is 0. The zero-order valence-electron chi connectivity index (χ0n) is 16.0. The second-order valence-corrected chi connectivity index (χ2v) is 8.88. The second-order valence-electron chi connectivity index (χ2n) is 6.44. The minimum Gasteiger partial charge on any atom is -0.410 e. The first kappa shape index (κ1) is 22.4. The quantitative estimate of drug-likeness (QED) is 0.293. The molecule has 2 heterocycles. The highest BCUT2D eigenvalue weighted by atomic mass is 35.5. The molecule has 2 aromatic carbocycles. The molecule has 0 saturated carbocycles. The molecule has 0 aliphatic rings. The van der Waals surface area contributed by atoms with E-state index in [2.05, 4.69) is 15.5 Å². The Hall–Kier alpha value is -2.82. The predicted molar refractivity (Wildman–Crippen MR) is 118 cm³/mol. The summed E-state index contributed by atoms with van der Waals surface area (Å²) in [6.45, 7) is 0. The number of anilines is 1. The van der Waals surface area contributed by atoms with E-state index in [0.29, 0.717) is 11.5 Å². The van der Waals surface area contributed by atoms with Gasteiger partial charge in [-0.25, -0.2) is 0 Å². The standard InChI is InChI=1S/C21H13ClF3N3O2S2/c22-13-8-9-15(14(11-13)21(23,24)25)26-18(29)17(12-5-2-1-3-6-12)32-20-28-27-19(30-20)16-7-4-10-31-16/h1-11,17H,(H,26,29)/t17-/m1/s1. The summed E-state index contributed by atoms with van der Waals surface area (Å²) < 4.78 is 46.0. The van der Waals surface area contributed by atoms with Gasteiger partial charge >= 0.3 is 6.18 Å². The maximum absolute atomic E-state index is 13.4. The van der Waals surface area contributed by atoms with Gasteiger partial charge in [-0.2, -0.15) is 13.2 Å². The predicted octanol–water partition coefficient (Wildman–Crippen LogP) is 6.94. The van der Waals surface area contributed by atoms with Crippen molar-refractivity contribution in [3.63, 3.8) is 0 Å². The number of rotatable bonds is 6. The summed E-state index contributed by atoms with van der Waals surface area (Å²) >= 11 is 8.09. The molecule has 5 nitrogen and oxygen atoms in total. The summed E-state index contributed by atoms with van der Waals surface area (Å²) in [5.74, 6) is -0.378. The van der Waals surface area contributed by atoms with Crippen LogP contribution in [0.3, 0.4) is 0 Å². The number of carbonyl (C=O) groups excluding carboxylic acids is 1. The highest BCUT2D eigenvalue weighted by Gasteiger charge is 2.35. The summed E-state index contributed by atoms with van der Waals surface area (Å²) in [6, 6.07) is 15.4. The number of carbonyl (C=O) groups is 1. The Kier molecular flexibility index (Phi) is 6.54. The van der Waals surface area contributed by atoms with E-state index in [9.17, 15) is 18.0 Å². The number of thiophene rings is 1. The van der Waals surface area contributed by atoms with Gasteiger partial charge < -0.3 is 9.73 Å². The molecule has 0 fully saturated rings. The second kappa shape index (κ2) is 9.35. The summed E-state index contributed by atoms with van der Waals surface area (Å²) in [6.07, 6.45) is -4.69. The first-order valence-electron chi connectivity index (χ1n) is 9.08. The molecule has 2 aromatic heterocycles. The number of hydrogen-bond donors (Lipinski definition) is 1. The molecule has 0 aliphatic heterocycles. The van der Waals surface area contributed by atoms with Gasteiger partial charge in [0.1, 0.15) is 5.25 Å². The Bertz CT molecular complexity index is 1210. The van der Waals surface area contributed by atoms with Crippen molar-refractivity contribution < 1.29 is 22.4 Å². The Balaban J connectivity index is 1.63. The van der Waals surface area contributed by atoms with Crippen LogP contribution in [-0.2, 0) is 11.0 Å². The number of amides is 1. The van der Waals surface area contributed by atoms with Crippen LogP contribution in [0.1, 0.15) is 16.4 Å². The molecule has 0 spiro atoms. The molecule has 0 radical (unpaired) electrons. The van der Waals surface area contributed by atoms with Crippen LogP contribution in [0.4, 0.5) is 18.9 Å². The molecule has 4 aromatic rings. The zero-order chi connectivity index (χ0) is 22.7. The molecule has 32 heavy (non-hydrogen) atoms. The van der Waals surface area contributed by atoms with Gasteiger partial charge in [-0.15, -0.1) is 21.5 Å². The van der Waals surface area contributed by atoms with Gasteiger partial charge in [-0.3, -0.25) is 4.79 Å². The number of nitrogens with one attached hydrogen (secondary N) is 1. The number of nitrogens with zero attached hydrogens (tertiary/aromatic N) is 2. The topological polar surface area (TPSA) is 68.0 Å². The van der Waals surface area contributed by atoms with Crippen molar-refractivity contribution in [1.82, 2.24) is 10.2 Å². The Morgan fingerprint density at radius 3 is 2.56 bits per heavy atom. The zero-order valence-corrected chi connectivity index (χ0v) is 18.4. The van der Waals surface area contributed by atoms with E-state index in [1.807, 2.05) is 17.5 Å². The fraction of sp³-hybridized carbons (Fsp3) is 0.0952. The van der Waals surface area contributed by atoms with Crippen molar-refractivity contribution in [1.29, 1.82) is 0 Å². The van der Waals surface area contributed by atoms with Gasteiger partial charge in [0, 0.05) is 5.02 Å². The third-order valence-corrected chi connectivity index (χ3v) is 6.42. The molecular formula is C21H13ClF3N3O2S2. The Morgan fingerprint density at radius 2 is 1.88 bits per heavy atom. The van der Waals surface area contributed by atoms with Gasteiger partial charge in [0.2, 0.25) is 5.91 Å². The smallest absolute Gasteiger partial charge is 0.410 e. The summed E-state index contributed by atoms with van der Waals surface area (Å²) in [5, 5.41) is 11.3. The number of alkyl halides is 3. The van der Waals surface area contributed by atoms with Crippen LogP contribution < -0.4 is 5.32 Å². The molecule has 1 N–H and O–H groups in total. The van der Waals surface area contributed by atoms with Crippen molar-refractivity contribution in [2.45, 2.75) is 16.6 Å². The highest BCUT2D eigenvalue weighted by Crippen LogP contribution is 2.40. The van der Waals surface area contributed by atoms with Gasteiger partial charge in [0.25, 0.3) is 11.1 Å². The number of hydrogen-bond acceptors (Lipinski definition) is 6. The monoisotopic (exact) mass is 495 g/mol. The third-order valence-electron chi connectivity index (χ3n) is 4.24. The van der Waals surface area contributed by atoms with E-state index in [4.69, 9.17) is 16.0 Å².